The van der Waals surface area contributed by atoms with E-state index in [-0.39, 0.29) is 0 Å². The molecule has 3 heteroatoms. The van der Waals surface area contributed by atoms with Crippen LogP contribution in [0.1, 0.15) is 25.7 Å². The van der Waals surface area contributed by atoms with Gasteiger partial charge in [0.15, 0.2) is 0 Å². The zero-order chi connectivity index (χ0) is 9.73. The van der Waals surface area contributed by atoms with Gasteiger partial charge in [-0.3, -0.25) is 4.79 Å². The topological polar surface area (TPSA) is 46.5 Å². The maximum atomic E-state index is 11.1. The lowest BCUT2D eigenvalue weighted by Gasteiger charge is -2.32. The molecule has 1 N–H and O–H groups in total. The van der Waals surface area contributed by atoms with E-state index in [9.17, 15) is 4.79 Å². The summed E-state index contributed by atoms with van der Waals surface area (Å²) in [7, 11) is 0. The second kappa shape index (κ2) is 4.42. The van der Waals surface area contributed by atoms with Crippen LogP contribution in [0, 0.1) is 5.41 Å². The van der Waals surface area contributed by atoms with Gasteiger partial charge in [-0.25, -0.2) is 0 Å². The number of ether oxygens (including phenoxy) is 1. The molecule has 1 aliphatic rings. The van der Waals surface area contributed by atoms with Gasteiger partial charge in [-0.15, -0.1) is 6.58 Å². The molecule has 1 rings (SSSR count). The summed E-state index contributed by atoms with van der Waals surface area (Å²) in [5.74, 6) is -0.728. The van der Waals surface area contributed by atoms with Crippen molar-refractivity contribution in [2.75, 3.05) is 13.2 Å². The summed E-state index contributed by atoms with van der Waals surface area (Å²) < 4.78 is 5.23. The Morgan fingerprint density at radius 1 is 1.69 bits per heavy atom. The first kappa shape index (κ1) is 10.3. The average Bonchev–Trinajstić information content (AvgIpc) is 2.16. The van der Waals surface area contributed by atoms with Crippen LogP contribution in [0.15, 0.2) is 12.7 Å². The Hall–Kier alpha value is -0.830. The highest BCUT2D eigenvalue weighted by molar-refractivity contribution is 5.74. The molecule has 0 spiro atoms. The van der Waals surface area contributed by atoms with E-state index in [1.807, 2.05) is 0 Å². The number of aliphatic carboxylic acids is 1. The van der Waals surface area contributed by atoms with Crippen molar-refractivity contribution < 1.29 is 14.6 Å². The van der Waals surface area contributed by atoms with Crippen molar-refractivity contribution >= 4 is 5.97 Å². The third-order valence-corrected chi connectivity index (χ3v) is 2.60. The second-order valence-corrected chi connectivity index (χ2v) is 3.57. The fraction of sp³-hybridized carbons (Fsp3) is 0.700. The molecular weight excluding hydrogens is 168 g/mol. The third kappa shape index (κ3) is 2.31. The molecule has 0 saturated carbocycles. The van der Waals surface area contributed by atoms with E-state index in [0.29, 0.717) is 19.6 Å². The molecule has 1 saturated heterocycles. The highest BCUT2D eigenvalue weighted by Crippen LogP contribution is 2.33. The van der Waals surface area contributed by atoms with Crippen LogP contribution < -0.4 is 0 Å². The number of rotatable bonds is 4. The molecule has 0 aliphatic carbocycles. The van der Waals surface area contributed by atoms with Crippen LogP contribution in [0.4, 0.5) is 0 Å². The van der Waals surface area contributed by atoms with Gasteiger partial charge in [0.1, 0.15) is 0 Å². The number of hydrogen-bond acceptors (Lipinski definition) is 2. The van der Waals surface area contributed by atoms with Gasteiger partial charge in [0.05, 0.1) is 12.0 Å². The number of hydrogen-bond donors (Lipinski definition) is 1. The lowest BCUT2D eigenvalue weighted by molar-refractivity contribution is -0.158. The minimum atomic E-state index is -0.728. The molecule has 0 bridgehead atoms. The smallest absolute Gasteiger partial charge is 0.311 e. The van der Waals surface area contributed by atoms with Crippen LogP contribution in [0.5, 0.6) is 0 Å². The highest BCUT2D eigenvalue weighted by atomic mass is 16.5. The Morgan fingerprint density at radius 3 is 2.92 bits per heavy atom. The largest absolute Gasteiger partial charge is 0.481 e. The molecule has 1 fully saturated rings. The van der Waals surface area contributed by atoms with Crippen LogP contribution in [0.3, 0.4) is 0 Å². The minimum absolute atomic E-state index is 0.357. The van der Waals surface area contributed by atoms with Gasteiger partial charge >= 0.3 is 5.97 Å². The predicted molar refractivity (Wildman–Crippen MR) is 49.6 cm³/mol. The minimum Gasteiger partial charge on any atom is -0.481 e. The first-order valence-electron chi connectivity index (χ1n) is 4.63. The van der Waals surface area contributed by atoms with Crippen LogP contribution in [0.2, 0.25) is 0 Å². The van der Waals surface area contributed by atoms with E-state index in [0.717, 1.165) is 19.3 Å². The molecule has 0 aromatic heterocycles. The molecule has 1 heterocycles. The van der Waals surface area contributed by atoms with E-state index in [2.05, 4.69) is 6.58 Å². The van der Waals surface area contributed by atoms with E-state index in [4.69, 9.17) is 9.84 Å². The monoisotopic (exact) mass is 184 g/mol. The zero-order valence-electron chi connectivity index (χ0n) is 7.79. The normalized spacial score (nSPS) is 28.3. The predicted octanol–water partition coefficient (Wildman–Crippen LogP) is 1.83. The Labute approximate surface area is 78.4 Å². The van der Waals surface area contributed by atoms with E-state index in [1.165, 1.54) is 0 Å². The summed E-state index contributed by atoms with van der Waals surface area (Å²) in [6.07, 6.45) is 4.74. The summed E-state index contributed by atoms with van der Waals surface area (Å²) >= 11 is 0. The van der Waals surface area contributed by atoms with Crippen LogP contribution in [0.25, 0.3) is 0 Å². The van der Waals surface area contributed by atoms with Gasteiger partial charge in [-0.1, -0.05) is 6.08 Å². The molecule has 13 heavy (non-hydrogen) atoms. The van der Waals surface area contributed by atoms with Gasteiger partial charge in [-0.2, -0.15) is 0 Å². The molecule has 1 unspecified atom stereocenters. The fourth-order valence-electron chi connectivity index (χ4n) is 1.70. The molecule has 74 valence electrons. The van der Waals surface area contributed by atoms with Crippen molar-refractivity contribution in [2.45, 2.75) is 25.7 Å². The number of carbonyl (C=O) groups is 1. The van der Waals surface area contributed by atoms with Crippen molar-refractivity contribution in [1.29, 1.82) is 0 Å². The van der Waals surface area contributed by atoms with E-state index >= 15 is 0 Å². The Kier molecular flexibility index (Phi) is 3.48. The first-order valence-corrected chi connectivity index (χ1v) is 4.63. The highest BCUT2D eigenvalue weighted by Gasteiger charge is 2.39. The molecule has 0 radical (unpaired) electrons. The van der Waals surface area contributed by atoms with E-state index in [1.54, 1.807) is 6.08 Å². The number of carboxylic acids is 1. The SMILES string of the molecule is C=CCCC1(C(=O)O)CCCOC1. The standard InChI is InChI=1S/C10H16O3/c1-2-3-5-10(9(11)12)6-4-7-13-8-10/h2H,1,3-8H2,(H,11,12). The van der Waals surface area contributed by atoms with Gasteiger partial charge in [-0.05, 0) is 25.7 Å². The fourth-order valence-corrected chi connectivity index (χ4v) is 1.70. The van der Waals surface area contributed by atoms with Crippen molar-refractivity contribution in [3.05, 3.63) is 12.7 Å². The van der Waals surface area contributed by atoms with Gasteiger partial charge in [0, 0.05) is 6.61 Å². The molecule has 3 nitrogen and oxygen atoms in total. The zero-order valence-corrected chi connectivity index (χ0v) is 7.79. The van der Waals surface area contributed by atoms with Gasteiger partial charge < -0.3 is 9.84 Å². The Morgan fingerprint density at radius 2 is 2.46 bits per heavy atom. The van der Waals surface area contributed by atoms with Crippen molar-refractivity contribution in [2.24, 2.45) is 5.41 Å². The molecule has 1 aliphatic heterocycles. The lowest BCUT2D eigenvalue weighted by atomic mass is 9.78. The van der Waals surface area contributed by atoms with Crippen molar-refractivity contribution in [1.82, 2.24) is 0 Å². The number of allylic oxidation sites excluding steroid dienone is 1. The first-order chi connectivity index (χ1) is 6.21. The summed E-state index contributed by atoms with van der Waals surface area (Å²) in [5.41, 5.74) is -0.646. The molecule has 0 aromatic rings. The molecule has 1 atom stereocenters. The second-order valence-electron chi connectivity index (χ2n) is 3.57. The molecule has 0 amide bonds. The summed E-state index contributed by atoms with van der Waals surface area (Å²) in [5, 5.41) is 9.10. The third-order valence-electron chi connectivity index (χ3n) is 2.60. The van der Waals surface area contributed by atoms with Crippen LogP contribution in [-0.2, 0) is 9.53 Å². The van der Waals surface area contributed by atoms with Crippen molar-refractivity contribution in [3.8, 4) is 0 Å². The average molecular weight is 184 g/mol. The van der Waals surface area contributed by atoms with Gasteiger partial charge in [0.2, 0.25) is 0 Å². The molecular formula is C10H16O3. The molecule has 0 aromatic carbocycles. The maximum Gasteiger partial charge on any atom is 0.311 e. The maximum absolute atomic E-state index is 11.1. The Balaban J connectivity index is 2.61. The summed E-state index contributed by atoms with van der Waals surface area (Å²) in [6, 6.07) is 0. The summed E-state index contributed by atoms with van der Waals surface area (Å²) in [6.45, 7) is 4.66. The van der Waals surface area contributed by atoms with Crippen LogP contribution >= 0.6 is 0 Å². The van der Waals surface area contributed by atoms with Crippen LogP contribution in [-0.4, -0.2) is 24.3 Å². The van der Waals surface area contributed by atoms with Gasteiger partial charge in [0.25, 0.3) is 0 Å². The number of carboxylic acid groups (broad SMARTS) is 1. The summed E-state index contributed by atoms with van der Waals surface area (Å²) in [4.78, 5) is 11.1. The van der Waals surface area contributed by atoms with Crippen molar-refractivity contribution in [3.63, 3.8) is 0 Å². The Bertz CT molecular complexity index is 192. The lowest BCUT2D eigenvalue weighted by Crippen LogP contribution is -2.39. The van der Waals surface area contributed by atoms with E-state index < -0.39 is 11.4 Å². The quantitative estimate of drug-likeness (QED) is 0.678.